The zero-order valence-electron chi connectivity index (χ0n) is 10.4. The molecule has 20 heavy (non-hydrogen) atoms. The van der Waals surface area contributed by atoms with Crippen LogP contribution in [0.15, 0.2) is 53.5 Å². The number of aromatic nitrogens is 1. The molecule has 0 atom stereocenters. The predicted molar refractivity (Wildman–Crippen MR) is 72.4 cm³/mol. The van der Waals surface area contributed by atoms with Crippen LogP contribution >= 0.6 is 0 Å². The van der Waals surface area contributed by atoms with Crippen molar-refractivity contribution in [2.24, 2.45) is 0 Å². The number of nitrogens with zero attached hydrogens (tertiary/aromatic N) is 2. The van der Waals surface area contributed by atoms with E-state index in [-0.39, 0.29) is 23.7 Å². The Labute approximate surface area is 113 Å². The Morgan fingerprint density at radius 3 is 2.50 bits per heavy atom. The summed E-state index contributed by atoms with van der Waals surface area (Å²) in [5.41, 5.74) is 0.109. The normalized spacial score (nSPS) is 10.0. The molecule has 0 aliphatic heterocycles. The summed E-state index contributed by atoms with van der Waals surface area (Å²) in [7, 11) is 0. The maximum atomic E-state index is 11.7. The van der Waals surface area contributed by atoms with E-state index in [9.17, 15) is 19.7 Å². The zero-order valence-corrected chi connectivity index (χ0v) is 10.4. The van der Waals surface area contributed by atoms with Gasteiger partial charge in [0.15, 0.2) is 0 Å². The van der Waals surface area contributed by atoms with Crippen molar-refractivity contribution in [2.45, 2.75) is 6.54 Å². The van der Waals surface area contributed by atoms with Crippen LogP contribution in [0.1, 0.15) is 0 Å². The topological polar surface area (TPSA) is 94.2 Å². The van der Waals surface area contributed by atoms with Gasteiger partial charge in [-0.2, -0.15) is 0 Å². The second-order valence-corrected chi connectivity index (χ2v) is 4.02. The number of benzene rings is 1. The van der Waals surface area contributed by atoms with Gasteiger partial charge in [0.2, 0.25) is 5.91 Å². The average Bonchev–Trinajstić information content (AvgIpc) is 2.42. The lowest BCUT2D eigenvalue weighted by atomic mass is 10.3. The van der Waals surface area contributed by atoms with E-state index < -0.39 is 4.92 Å². The Kier molecular flexibility index (Phi) is 3.90. The standard InChI is InChI=1S/C13H11N3O4/c17-12(9-15-8-2-1-3-13(15)18)14-10-4-6-11(7-5-10)16(19)20/h1-8H,9H2,(H,14,17). The number of pyridine rings is 1. The van der Waals surface area contributed by atoms with Gasteiger partial charge in [-0.15, -0.1) is 0 Å². The lowest BCUT2D eigenvalue weighted by Gasteiger charge is -2.06. The largest absolute Gasteiger partial charge is 0.325 e. The highest BCUT2D eigenvalue weighted by molar-refractivity contribution is 5.90. The van der Waals surface area contributed by atoms with Crippen LogP contribution < -0.4 is 10.9 Å². The van der Waals surface area contributed by atoms with Crippen molar-refractivity contribution in [2.75, 3.05) is 5.32 Å². The van der Waals surface area contributed by atoms with Gasteiger partial charge in [-0.25, -0.2) is 0 Å². The highest BCUT2D eigenvalue weighted by Crippen LogP contribution is 2.15. The van der Waals surface area contributed by atoms with E-state index in [2.05, 4.69) is 5.32 Å². The smallest absolute Gasteiger partial charge is 0.269 e. The Bertz CT molecular complexity index is 691. The summed E-state index contributed by atoms with van der Waals surface area (Å²) in [6.45, 7) is -0.114. The predicted octanol–water partition coefficient (Wildman–Crippen LogP) is 1.40. The number of non-ortho nitro benzene ring substituents is 1. The summed E-state index contributed by atoms with van der Waals surface area (Å²) < 4.78 is 1.26. The van der Waals surface area contributed by atoms with E-state index in [1.54, 1.807) is 12.1 Å². The molecule has 0 radical (unpaired) electrons. The number of nitro benzene ring substituents is 1. The highest BCUT2D eigenvalue weighted by Gasteiger charge is 2.07. The fourth-order valence-electron chi connectivity index (χ4n) is 1.61. The molecule has 0 spiro atoms. The minimum absolute atomic E-state index is 0.0534. The second kappa shape index (κ2) is 5.79. The Balaban J connectivity index is 2.03. The lowest BCUT2D eigenvalue weighted by molar-refractivity contribution is -0.384. The van der Waals surface area contributed by atoms with Gasteiger partial charge in [-0.05, 0) is 18.2 Å². The van der Waals surface area contributed by atoms with E-state index >= 15 is 0 Å². The lowest BCUT2D eigenvalue weighted by Crippen LogP contribution is -2.26. The molecule has 102 valence electrons. The molecule has 0 bridgehead atoms. The molecular weight excluding hydrogens is 262 g/mol. The van der Waals surface area contributed by atoms with E-state index in [1.807, 2.05) is 0 Å². The average molecular weight is 273 g/mol. The van der Waals surface area contributed by atoms with Gasteiger partial charge in [0.25, 0.3) is 11.2 Å². The second-order valence-electron chi connectivity index (χ2n) is 4.02. The van der Waals surface area contributed by atoms with Crippen molar-refractivity contribution in [3.8, 4) is 0 Å². The maximum Gasteiger partial charge on any atom is 0.269 e. The van der Waals surface area contributed by atoms with Crippen molar-refractivity contribution < 1.29 is 9.72 Å². The van der Waals surface area contributed by atoms with Crippen LogP contribution in [0, 0.1) is 10.1 Å². The molecule has 2 rings (SSSR count). The van der Waals surface area contributed by atoms with Crippen molar-refractivity contribution in [3.05, 3.63) is 69.1 Å². The SMILES string of the molecule is O=C(Cn1ccccc1=O)Nc1ccc([N+](=O)[O-])cc1. The monoisotopic (exact) mass is 273 g/mol. The van der Waals surface area contributed by atoms with Crippen molar-refractivity contribution in [3.63, 3.8) is 0 Å². The fourth-order valence-corrected chi connectivity index (χ4v) is 1.61. The van der Waals surface area contributed by atoms with Gasteiger partial charge in [-0.1, -0.05) is 6.07 Å². The number of hydrogen-bond donors (Lipinski definition) is 1. The van der Waals surface area contributed by atoms with Gasteiger partial charge in [-0.3, -0.25) is 19.7 Å². The number of carbonyl (C=O) groups is 1. The van der Waals surface area contributed by atoms with Crippen LogP contribution in [0.5, 0.6) is 0 Å². The summed E-state index contributed by atoms with van der Waals surface area (Å²) in [5, 5.41) is 13.1. The number of anilines is 1. The summed E-state index contributed by atoms with van der Waals surface area (Å²) in [4.78, 5) is 33.2. The van der Waals surface area contributed by atoms with E-state index in [0.29, 0.717) is 5.69 Å². The van der Waals surface area contributed by atoms with Gasteiger partial charge in [0, 0.05) is 30.1 Å². The first-order valence-electron chi connectivity index (χ1n) is 5.76. The van der Waals surface area contributed by atoms with Crippen molar-refractivity contribution >= 4 is 17.3 Å². The first-order valence-corrected chi connectivity index (χ1v) is 5.76. The van der Waals surface area contributed by atoms with Gasteiger partial charge in [0.05, 0.1) is 4.92 Å². The molecule has 1 aromatic carbocycles. The van der Waals surface area contributed by atoms with Crippen LogP contribution in [-0.2, 0) is 11.3 Å². The van der Waals surface area contributed by atoms with Crippen LogP contribution in [-0.4, -0.2) is 15.4 Å². The van der Waals surface area contributed by atoms with Crippen LogP contribution in [0.4, 0.5) is 11.4 Å². The quantitative estimate of drug-likeness (QED) is 0.672. The third-order valence-corrected chi connectivity index (χ3v) is 2.57. The Morgan fingerprint density at radius 1 is 1.20 bits per heavy atom. The molecule has 0 aliphatic rings. The number of amides is 1. The van der Waals surface area contributed by atoms with Gasteiger partial charge >= 0.3 is 0 Å². The first kappa shape index (κ1) is 13.5. The van der Waals surface area contributed by atoms with Crippen LogP contribution in [0.3, 0.4) is 0 Å². The minimum atomic E-state index is -0.519. The maximum absolute atomic E-state index is 11.7. The number of carbonyl (C=O) groups excluding carboxylic acids is 1. The number of nitro groups is 1. The summed E-state index contributed by atoms with van der Waals surface area (Å²) in [6, 6.07) is 10.1. The molecule has 1 heterocycles. The first-order chi connectivity index (χ1) is 9.56. The highest BCUT2D eigenvalue weighted by atomic mass is 16.6. The fraction of sp³-hybridized carbons (Fsp3) is 0.0769. The summed E-state index contributed by atoms with van der Waals surface area (Å²) in [5.74, 6) is -0.382. The molecule has 1 N–H and O–H groups in total. The molecule has 0 saturated carbocycles. The molecule has 1 amide bonds. The molecule has 7 nitrogen and oxygen atoms in total. The molecular formula is C13H11N3O4. The van der Waals surface area contributed by atoms with Gasteiger partial charge in [0.1, 0.15) is 6.54 Å². The Morgan fingerprint density at radius 2 is 1.90 bits per heavy atom. The molecule has 0 aliphatic carbocycles. The third kappa shape index (κ3) is 3.29. The molecule has 0 saturated heterocycles. The zero-order chi connectivity index (χ0) is 14.5. The minimum Gasteiger partial charge on any atom is -0.325 e. The number of hydrogen-bond acceptors (Lipinski definition) is 4. The van der Waals surface area contributed by atoms with Crippen LogP contribution in [0.25, 0.3) is 0 Å². The van der Waals surface area contributed by atoms with Crippen molar-refractivity contribution in [1.82, 2.24) is 4.57 Å². The van der Waals surface area contributed by atoms with Crippen molar-refractivity contribution in [1.29, 1.82) is 0 Å². The molecule has 7 heteroatoms. The van der Waals surface area contributed by atoms with E-state index in [1.165, 1.54) is 41.1 Å². The van der Waals surface area contributed by atoms with Gasteiger partial charge < -0.3 is 9.88 Å². The van der Waals surface area contributed by atoms with Crippen LogP contribution in [0.2, 0.25) is 0 Å². The number of nitrogens with one attached hydrogen (secondary N) is 1. The third-order valence-electron chi connectivity index (χ3n) is 2.57. The molecule has 0 unspecified atom stereocenters. The van der Waals surface area contributed by atoms with E-state index in [4.69, 9.17) is 0 Å². The van der Waals surface area contributed by atoms with E-state index in [0.717, 1.165) is 0 Å². The molecule has 2 aromatic rings. The summed E-state index contributed by atoms with van der Waals surface area (Å²) in [6.07, 6.45) is 1.51. The molecule has 1 aromatic heterocycles. The summed E-state index contributed by atoms with van der Waals surface area (Å²) >= 11 is 0. The Hall–Kier alpha value is -2.96. The number of rotatable bonds is 4. The molecule has 0 fully saturated rings.